The predicted octanol–water partition coefficient (Wildman–Crippen LogP) is 2.26. The molecule has 2 heterocycles. The van der Waals surface area contributed by atoms with Crippen molar-refractivity contribution in [2.75, 3.05) is 13.1 Å². The van der Waals surface area contributed by atoms with Crippen LogP contribution in [0.1, 0.15) is 31.2 Å². The summed E-state index contributed by atoms with van der Waals surface area (Å²) in [5.41, 5.74) is 1.40. The highest BCUT2D eigenvalue weighted by atomic mass is 15.2. The first-order valence-electron chi connectivity index (χ1n) is 5.47. The smallest absolute Gasteiger partial charge is 0.0925 e. The van der Waals surface area contributed by atoms with Crippen molar-refractivity contribution in [3.63, 3.8) is 0 Å². The molecule has 0 unspecified atom stereocenters. The van der Waals surface area contributed by atoms with Gasteiger partial charge >= 0.3 is 0 Å². The number of nitrogens with zero attached hydrogens (tertiary/aromatic N) is 2. The molecule has 0 bridgehead atoms. The molecule has 2 rings (SSSR count). The Morgan fingerprint density at radius 1 is 1.33 bits per heavy atom. The number of likely N-dealkylation sites (tertiary alicyclic amines) is 1. The number of hydrogen-bond acceptors (Lipinski definition) is 2. The summed E-state index contributed by atoms with van der Waals surface area (Å²) in [6.07, 6.45) is 6.04. The fourth-order valence-electron chi connectivity index (χ4n) is 2.18. The van der Waals surface area contributed by atoms with E-state index in [1.165, 1.54) is 5.56 Å². The summed E-state index contributed by atoms with van der Waals surface area (Å²) in [6, 6.07) is 4.22. The molecule has 1 aromatic rings. The van der Waals surface area contributed by atoms with Crippen molar-refractivity contribution < 1.29 is 0 Å². The standard InChI is InChI=1S/C12H17N3/c1-10(13)15-8-4-12(5-9-15)11-2-6-14-7-3-11/h2-3,6-7,12-13H,4-5,8-9H2,1H3. The quantitative estimate of drug-likeness (QED) is 0.561. The molecule has 3 nitrogen and oxygen atoms in total. The first-order valence-corrected chi connectivity index (χ1v) is 5.47. The number of aromatic nitrogens is 1. The van der Waals surface area contributed by atoms with E-state index in [2.05, 4.69) is 22.0 Å². The van der Waals surface area contributed by atoms with Gasteiger partial charge in [0.25, 0.3) is 0 Å². The lowest BCUT2D eigenvalue weighted by Crippen LogP contribution is -2.35. The van der Waals surface area contributed by atoms with Gasteiger partial charge in [0.05, 0.1) is 5.84 Å². The monoisotopic (exact) mass is 203 g/mol. The zero-order chi connectivity index (χ0) is 10.7. The van der Waals surface area contributed by atoms with E-state index in [1.54, 1.807) is 0 Å². The highest BCUT2D eigenvalue weighted by Gasteiger charge is 2.20. The van der Waals surface area contributed by atoms with Gasteiger partial charge in [0.15, 0.2) is 0 Å². The third-order valence-electron chi connectivity index (χ3n) is 3.15. The second kappa shape index (κ2) is 4.43. The van der Waals surface area contributed by atoms with Crippen molar-refractivity contribution in [2.24, 2.45) is 0 Å². The minimum atomic E-state index is 0.656. The van der Waals surface area contributed by atoms with Gasteiger partial charge in [-0.1, -0.05) is 0 Å². The van der Waals surface area contributed by atoms with Crippen molar-refractivity contribution in [1.29, 1.82) is 5.41 Å². The van der Waals surface area contributed by atoms with Crippen LogP contribution in [0.25, 0.3) is 0 Å². The van der Waals surface area contributed by atoms with Gasteiger partial charge in [-0.2, -0.15) is 0 Å². The summed E-state index contributed by atoms with van der Waals surface area (Å²) >= 11 is 0. The molecular weight excluding hydrogens is 186 g/mol. The maximum Gasteiger partial charge on any atom is 0.0925 e. The molecule has 1 saturated heterocycles. The SMILES string of the molecule is CC(=N)N1CCC(c2ccncc2)CC1. The van der Waals surface area contributed by atoms with E-state index in [-0.39, 0.29) is 0 Å². The maximum absolute atomic E-state index is 7.58. The molecule has 0 saturated carbocycles. The van der Waals surface area contributed by atoms with E-state index in [9.17, 15) is 0 Å². The summed E-state index contributed by atoms with van der Waals surface area (Å²) in [5.74, 6) is 1.35. The summed E-state index contributed by atoms with van der Waals surface area (Å²) in [7, 11) is 0. The minimum Gasteiger partial charge on any atom is -0.361 e. The fraction of sp³-hybridized carbons (Fsp3) is 0.500. The Bertz CT molecular complexity index is 326. The molecular formula is C12H17N3. The fourth-order valence-corrected chi connectivity index (χ4v) is 2.18. The molecule has 1 aromatic heterocycles. The van der Waals surface area contributed by atoms with Crippen LogP contribution in [0.5, 0.6) is 0 Å². The van der Waals surface area contributed by atoms with Crippen molar-refractivity contribution in [3.05, 3.63) is 30.1 Å². The van der Waals surface area contributed by atoms with Crippen molar-refractivity contribution in [1.82, 2.24) is 9.88 Å². The highest BCUT2D eigenvalue weighted by Crippen LogP contribution is 2.27. The third-order valence-corrected chi connectivity index (χ3v) is 3.15. The Morgan fingerprint density at radius 3 is 2.47 bits per heavy atom. The topological polar surface area (TPSA) is 40.0 Å². The summed E-state index contributed by atoms with van der Waals surface area (Å²) in [6.45, 7) is 3.90. The molecule has 1 aliphatic rings. The zero-order valence-electron chi connectivity index (χ0n) is 9.11. The highest BCUT2D eigenvalue weighted by molar-refractivity contribution is 5.76. The van der Waals surface area contributed by atoms with Crippen molar-refractivity contribution in [2.45, 2.75) is 25.7 Å². The van der Waals surface area contributed by atoms with E-state index in [4.69, 9.17) is 5.41 Å². The van der Waals surface area contributed by atoms with E-state index in [0.717, 1.165) is 25.9 Å². The Balaban J connectivity index is 1.97. The molecule has 0 atom stereocenters. The number of pyridine rings is 1. The first-order chi connectivity index (χ1) is 7.27. The molecule has 1 aliphatic heterocycles. The average molecular weight is 203 g/mol. The predicted molar refractivity (Wildman–Crippen MR) is 61.2 cm³/mol. The lowest BCUT2D eigenvalue weighted by atomic mass is 9.90. The van der Waals surface area contributed by atoms with Gasteiger partial charge in [0.2, 0.25) is 0 Å². The van der Waals surface area contributed by atoms with Crippen LogP contribution in [-0.2, 0) is 0 Å². The Labute approximate surface area is 90.6 Å². The van der Waals surface area contributed by atoms with Crippen LogP contribution >= 0.6 is 0 Å². The second-order valence-electron chi connectivity index (χ2n) is 4.13. The van der Waals surface area contributed by atoms with Crippen LogP contribution in [0.2, 0.25) is 0 Å². The number of rotatable bonds is 1. The number of piperidine rings is 1. The molecule has 0 radical (unpaired) electrons. The second-order valence-corrected chi connectivity index (χ2v) is 4.13. The zero-order valence-corrected chi connectivity index (χ0v) is 9.11. The molecule has 0 aliphatic carbocycles. The van der Waals surface area contributed by atoms with Gasteiger partial charge in [0.1, 0.15) is 0 Å². The number of nitrogens with one attached hydrogen (secondary N) is 1. The normalized spacial score (nSPS) is 17.8. The van der Waals surface area contributed by atoms with E-state index >= 15 is 0 Å². The summed E-state index contributed by atoms with van der Waals surface area (Å²) < 4.78 is 0. The molecule has 1 N–H and O–H groups in total. The molecule has 1 fully saturated rings. The summed E-state index contributed by atoms with van der Waals surface area (Å²) in [4.78, 5) is 6.19. The van der Waals surface area contributed by atoms with Crippen molar-refractivity contribution >= 4 is 5.84 Å². The Hall–Kier alpha value is -1.38. The minimum absolute atomic E-state index is 0.656. The first kappa shape index (κ1) is 10.1. The van der Waals surface area contributed by atoms with Gasteiger partial charge < -0.3 is 4.90 Å². The number of hydrogen-bond donors (Lipinski definition) is 1. The van der Waals surface area contributed by atoms with Crippen LogP contribution < -0.4 is 0 Å². The largest absolute Gasteiger partial charge is 0.361 e. The van der Waals surface area contributed by atoms with Crippen LogP contribution in [0.3, 0.4) is 0 Å². The van der Waals surface area contributed by atoms with Crippen LogP contribution in [0.4, 0.5) is 0 Å². The van der Waals surface area contributed by atoms with Gasteiger partial charge in [-0.15, -0.1) is 0 Å². The molecule has 15 heavy (non-hydrogen) atoms. The molecule has 80 valence electrons. The van der Waals surface area contributed by atoms with Crippen LogP contribution in [0.15, 0.2) is 24.5 Å². The van der Waals surface area contributed by atoms with E-state index < -0.39 is 0 Å². The van der Waals surface area contributed by atoms with Crippen LogP contribution in [-0.4, -0.2) is 28.8 Å². The lowest BCUT2D eigenvalue weighted by Gasteiger charge is -2.32. The summed E-state index contributed by atoms with van der Waals surface area (Å²) in [5, 5.41) is 7.58. The third kappa shape index (κ3) is 2.35. The van der Waals surface area contributed by atoms with Gasteiger partial charge in [0, 0.05) is 25.5 Å². The van der Waals surface area contributed by atoms with Gasteiger partial charge in [-0.3, -0.25) is 10.4 Å². The molecule has 0 spiro atoms. The van der Waals surface area contributed by atoms with Gasteiger partial charge in [-0.25, -0.2) is 0 Å². The molecule has 0 amide bonds. The van der Waals surface area contributed by atoms with Crippen LogP contribution in [0, 0.1) is 5.41 Å². The number of amidine groups is 1. The van der Waals surface area contributed by atoms with E-state index in [0.29, 0.717) is 11.8 Å². The Kier molecular flexibility index (Phi) is 2.99. The lowest BCUT2D eigenvalue weighted by molar-refractivity contribution is 0.310. The molecule has 3 heteroatoms. The average Bonchev–Trinajstić information content (AvgIpc) is 2.30. The van der Waals surface area contributed by atoms with Crippen molar-refractivity contribution in [3.8, 4) is 0 Å². The van der Waals surface area contributed by atoms with E-state index in [1.807, 2.05) is 19.3 Å². The molecule has 0 aromatic carbocycles. The Morgan fingerprint density at radius 2 is 1.93 bits per heavy atom. The maximum atomic E-state index is 7.58. The van der Waals surface area contributed by atoms with Gasteiger partial charge in [-0.05, 0) is 43.4 Å².